The first kappa shape index (κ1) is 19.2. The van der Waals surface area contributed by atoms with Gasteiger partial charge in [0.05, 0.1) is 0 Å². The van der Waals surface area contributed by atoms with Crippen LogP contribution in [0.25, 0.3) is 11.6 Å². The van der Waals surface area contributed by atoms with Crippen molar-refractivity contribution in [2.24, 2.45) is 5.73 Å². The number of carbonyl (C=O) groups excluding carboxylic acids is 1. The van der Waals surface area contributed by atoms with Gasteiger partial charge in [0.15, 0.2) is 0 Å². The first-order valence-corrected chi connectivity index (χ1v) is 9.70. The fraction of sp³-hybridized carbons (Fsp3) is 0.368. The molecule has 0 aliphatic carbocycles. The summed E-state index contributed by atoms with van der Waals surface area (Å²) in [6, 6.07) is 1.90. The molecule has 2 amide bonds. The predicted octanol–water partition coefficient (Wildman–Crippen LogP) is 3.23. The Bertz CT molecular complexity index is 867. The normalized spacial score (nSPS) is 15.7. The van der Waals surface area contributed by atoms with Crippen molar-refractivity contribution in [3.63, 3.8) is 0 Å². The van der Waals surface area contributed by atoms with E-state index in [1.54, 1.807) is 17.2 Å². The second-order valence-electron chi connectivity index (χ2n) is 6.61. The molecular formula is C19H24N6OS. The zero-order chi connectivity index (χ0) is 19.4. The number of hydrogen-bond acceptors (Lipinski definition) is 6. The highest BCUT2D eigenvalue weighted by Crippen LogP contribution is 2.24. The van der Waals surface area contributed by atoms with E-state index in [0.29, 0.717) is 18.9 Å². The highest BCUT2D eigenvalue weighted by Gasteiger charge is 2.20. The van der Waals surface area contributed by atoms with E-state index in [9.17, 15) is 4.79 Å². The molecule has 0 spiro atoms. The highest BCUT2D eigenvalue weighted by atomic mass is 32.1. The maximum atomic E-state index is 12.5. The predicted molar refractivity (Wildman–Crippen MR) is 109 cm³/mol. The van der Waals surface area contributed by atoms with Gasteiger partial charge in [-0.3, -0.25) is 5.32 Å². The lowest BCUT2D eigenvalue weighted by Gasteiger charge is -2.30. The van der Waals surface area contributed by atoms with Crippen molar-refractivity contribution in [1.82, 2.24) is 20.1 Å². The molecule has 142 valence electrons. The van der Waals surface area contributed by atoms with Crippen LogP contribution in [0, 0.1) is 13.8 Å². The minimum Gasteiger partial charge on any atom is -0.328 e. The zero-order valence-corrected chi connectivity index (χ0v) is 16.4. The molecule has 3 N–H and O–H groups in total. The largest absolute Gasteiger partial charge is 0.328 e. The molecule has 0 radical (unpaired) electrons. The van der Waals surface area contributed by atoms with E-state index < -0.39 is 0 Å². The number of nitrogens with two attached hydrogens (primary N) is 1. The van der Waals surface area contributed by atoms with Crippen LogP contribution in [0.15, 0.2) is 24.9 Å². The van der Waals surface area contributed by atoms with Crippen LogP contribution in [-0.2, 0) is 0 Å². The second kappa shape index (κ2) is 8.41. The monoisotopic (exact) mass is 384 g/mol. The van der Waals surface area contributed by atoms with Crippen molar-refractivity contribution in [2.75, 3.05) is 18.4 Å². The van der Waals surface area contributed by atoms with Crippen molar-refractivity contribution >= 4 is 34.8 Å². The number of pyridine rings is 1. The average molecular weight is 385 g/mol. The molecule has 0 bridgehead atoms. The highest BCUT2D eigenvalue weighted by molar-refractivity contribution is 7.12. The average Bonchev–Trinajstić information content (AvgIpc) is 3.08. The summed E-state index contributed by atoms with van der Waals surface area (Å²) in [5, 5.41) is 12.8. The lowest BCUT2D eigenvalue weighted by molar-refractivity contribution is 0.195. The van der Waals surface area contributed by atoms with E-state index in [0.717, 1.165) is 39.6 Å². The molecular weight excluding hydrogens is 360 g/mol. The smallest absolute Gasteiger partial charge is 0.323 e. The number of nitrogens with zero attached hydrogens (tertiary/aromatic N) is 4. The van der Waals surface area contributed by atoms with Gasteiger partial charge in [0.1, 0.15) is 15.8 Å². The third kappa shape index (κ3) is 4.78. The fourth-order valence-electron chi connectivity index (χ4n) is 2.84. The van der Waals surface area contributed by atoms with Crippen molar-refractivity contribution in [3.05, 3.63) is 46.1 Å². The Morgan fingerprint density at radius 1 is 1.37 bits per heavy atom. The Labute approximate surface area is 163 Å². The summed E-state index contributed by atoms with van der Waals surface area (Å²) < 4.78 is 0. The van der Waals surface area contributed by atoms with E-state index >= 15 is 0 Å². The van der Waals surface area contributed by atoms with E-state index in [1.165, 1.54) is 11.3 Å². The number of rotatable bonds is 4. The van der Waals surface area contributed by atoms with Gasteiger partial charge in [0, 0.05) is 30.9 Å². The summed E-state index contributed by atoms with van der Waals surface area (Å²) in [4.78, 5) is 18.6. The van der Waals surface area contributed by atoms with Crippen molar-refractivity contribution in [3.8, 4) is 0 Å². The number of piperidine rings is 1. The van der Waals surface area contributed by atoms with Crippen LogP contribution < -0.4 is 11.1 Å². The van der Waals surface area contributed by atoms with Crippen molar-refractivity contribution in [2.45, 2.75) is 32.7 Å². The van der Waals surface area contributed by atoms with Crippen LogP contribution >= 0.6 is 11.3 Å². The second-order valence-corrected chi connectivity index (χ2v) is 7.79. The molecule has 0 aromatic carbocycles. The van der Waals surface area contributed by atoms with Gasteiger partial charge in [-0.1, -0.05) is 24.0 Å². The molecule has 1 saturated heterocycles. The molecule has 1 aliphatic rings. The lowest BCUT2D eigenvalue weighted by Crippen LogP contribution is -2.44. The summed E-state index contributed by atoms with van der Waals surface area (Å²) in [5.41, 5.74) is 8.73. The summed E-state index contributed by atoms with van der Waals surface area (Å²) >= 11 is 1.52. The van der Waals surface area contributed by atoms with E-state index in [2.05, 4.69) is 27.1 Å². The molecule has 0 atom stereocenters. The maximum Gasteiger partial charge on any atom is 0.323 e. The molecule has 7 nitrogen and oxygen atoms in total. The molecule has 2 aromatic heterocycles. The Kier molecular flexibility index (Phi) is 5.98. The number of allylic oxidation sites excluding steroid dienone is 2. The molecule has 0 saturated carbocycles. The number of urea groups is 1. The van der Waals surface area contributed by atoms with Crippen LogP contribution in [0.3, 0.4) is 0 Å². The van der Waals surface area contributed by atoms with Gasteiger partial charge in [-0.2, -0.15) is 0 Å². The van der Waals surface area contributed by atoms with Gasteiger partial charge in [-0.25, -0.2) is 9.78 Å². The van der Waals surface area contributed by atoms with Gasteiger partial charge in [-0.05, 0) is 50.0 Å². The van der Waals surface area contributed by atoms with Gasteiger partial charge in [-0.15, -0.1) is 10.2 Å². The first-order chi connectivity index (χ1) is 13.0. The number of anilines is 1. The van der Waals surface area contributed by atoms with Crippen molar-refractivity contribution in [1.29, 1.82) is 0 Å². The number of aromatic nitrogens is 3. The van der Waals surface area contributed by atoms with Gasteiger partial charge < -0.3 is 10.6 Å². The first-order valence-electron chi connectivity index (χ1n) is 8.89. The summed E-state index contributed by atoms with van der Waals surface area (Å²) in [7, 11) is 0. The van der Waals surface area contributed by atoms with Crippen LogP contribution in [0.5, 0.6) is 0 Å². The van der Waals surface area contributed by atoms with E-state index in [-0.39, 0.29) is 12.1 Å². The summed E-state index contributed by atoms with van der Waals surface area (Å²) in [5.74, 6) is 0.517. The SMILES string of the molecule is C=C/C(=C\c1cc(NC(=O)N2CCC(N)CC2)ncc1C)c1nnc(C)s1. The standard InChI is InChI=1S/C19H24N6OS/c1-4-14(18-24-23-13(3)27-18)9-15-10-17(21-11-12(15)2)22-19(26)25-7-5-16(20)6-8-25/h4,9-11,16H,1,5-8,20H2,2-3H3,(H,21,22,26)/b14-9+. The van der Waals surface area contributed by atoms with Gasteiger partial charge in [0.2, 0.25) is 0 Å². The minimum absolute atomic E-state index is 0.142. The third-order valence-electron chi connectivity index (χ3n) is 4.51. The summed E-state index contributed by atoms with van der Waals surface area (Å²) in [6.07, 6.45) is 7.15. The number of hydrogen-bond donors (Lipinski definition) is 2. The van der Waals surface area contributed by atoms with Crippen LogP contribution in [0.1, 0.15) is 34.0 Å². The number of carbonyl (C=O) groups is 1. The van der Waals surface area contributed by atoms with Crippen LogP contribution in [-0.4, -0.2) is 45.2 Å². The molecule has 27 heavy (non-hydrogen) atoms. The molecule has 2 aromatic rings. The van der Waals surface area contributed by atoms with Crippen LogP contribution in [0.4, 0.5) is 10.6 Å². The minimum atomic E-state index is -0.142. The van der Waals surface area contributed by atoms with Crippen LogP contribution in [0.2, 0.25) is 0 Å². The molecule has 0 unspecified atom stereocenters. The Morgan fingerprint density at radius 2 is 2.11 bits per heavy atom. The maximum absolute atomic E-state index is 12.5. The van der Waals surface area contributed by atoms with E-state index in [1.807, 2.05) is 26.0 Å². The molecule has 1 fully saturated rings. The van der Waals surface area contributed by atoms with Gasteiger partial charge in [0.25, 0.3) is 0 Å². The molecule has 3 heterocycles. The molecule has 8 heteroatoms. The zero-order valence-electron chi connectivity index (χ0n) is 15.6. The quantitative estimate of drug-likeness (QED) is 0.789. The molecule has 3 rings (SSSR count). The molecule has 1 aliphatic heterocycles. The summed E-state index contributed by atoms with van der Waals surface area (Å²) in [6.45, 7) is 9.11. The van der Waals surface area contributed by atoms with Gasteiger partial charge >= 0.3 is 6.03 Å². The number of nitrogens with one attached hydrogen (secondary N) is 1. The number of amides is 2. The number of likely N-dealkylation sites (tertiary alicyclic amines) is 1. The number of aryl methyl sites for hydroxylation is 2. The topological polar surface area (TPSA) is 97.0 Å². The third-order valence-corrected chi connectivity index (χ3v) is 5.40. The fourth-order valence-corrected chi connectivity index (χ4v) is 3.55. The Hall–Kier alpha value is -2.58. The Balaban J connectivity index is 1.78. The van der Waals surface area contributed by atoms with E-state index in [4.69, 9.17) is 5.73 Å². The van der Waals surface area contributed by atoms with Crippen molar-refractivity contribution < 1.29 is 4.79 Å². The Morgan fingerprint density at radius 3 is 2.74 bits per heavy atom. The lowest BCUT2D eigenvalue weighted by atomic mass is 10.1.